The van der Waals surface area contributed by atoms with E-state index < -0.39 is 0 Å². The molecule has 0 atom stereocenters. The lowest BCUT2D eigenvalue weighted by molar-refractivity contribution is 0.127. The van der Waals surface area contributed by atoms with Crippen molar-refractivity contribution in [2.45, 2.75) is 66.3 Å². The summed E-state index contributed by atoms with van der Waals surface area (Å²) < 4.78 is 0. The topological polar surface area (TPSA) is 3.24 Å². The first-order valence-electron chi connectivity index (χ1n) is 12.4. The van der Waals surface area contributed by atoms with Crippen molar-refractivity contribution in [3.8, 4) is 11.1 Å². The van der Waals surface area contributed by atoms with Gasteiger partial charge in [-0.1, -0.05) is 80.9 Å². The van der Waals surface area contributed by atoms with Crippen molar-refractivity contribution in [3.63, 3.8) is 0 Å². The molecule has 32 heavy (non-hydrogen) atoms. The minimum Gasteiger partial charge on any atom is -0.299 e. The van der Waals surface area contributed by atoms with E-state index in [0.717, 1.165) is 25.8 Å². The zero-order valence-corrected chi connectivity index (χ0v) is 20.5. The van der Waals surface area contributed by atoms with Gasteiger partial charge in [-0.15, -0.1) is 6.58 Å². The lowest BCUT2D eigenvalue weighted by Gasteiger charge is -2.37. The van der Waals surface area contributed by atoms with Gasteiger partial charge in [-0.2, -0.15) is 0 Å². The molecule has 1 aliphatic rings. The standard InChI is InChI=1S/C31H39N/c1-6-25-21-24(22-32-19-17-31(4,5)18-20-32)14-16-28(25)30-12-8-10-27-26(15-13-23(2)3)9-7-11-29(27)30/h7-12,14,16,21H,2,6,13,15,17-20,22H2,1,3-5H3. The zero-order valence-electron chi connectivity index (χ0n) is 20.5. The summed E-state index contributed by atoms with van der Waals surface area (Å²) in [6, 6.07) is 20.8. The minimum absolute atomic E-state index is 0.506. The van der Waals surface area contributed by atoms with Crippen molar-refractivity contribution in [2.75, 3.05) is 13.1 Å². The van der Waals surface area contributed by atoms with Gasteiger partial charge in [0.05, 0.1) is 0 Å². The number of likely N-dealkylation sites (tertiary alicyclic amines) is 1. The molecule has 0 aromatic heterocycles. The normalized spacial score (nSPS) is 16.4. The van der Waals surface area contributed by atoms with Crippen LogP contribution >= 0.6 is 0 Å². The first-order valence-corrected chi connectivity index (χ1v) is 12.4. The summed E-state index contributed by atoms with van der Waals surface area (Å²) in [5.74, 6) is 0. The van der Waals surface area contributed by atoms with E-state index in [1.807, 2.05) is 0 Å². The average molecular weight is 426 g/mol. The van der Waals surface area contributed by atoms with Gasteiger partial charge in [0.1, 0.15) is 0 Å². The third-order valence-corrected chi connectivity index (χ3v) is 7.29. The number of aryl methyl sites for hydroxylation is 2. The van der Waals surface area contributed by atoms with E-state index >= 15 is 0 Å². The molecule has 0 bridgehead atoms. The van der Waals surface area contributed by atoms with E-state index in [1.165, 1.54) is 70.1 Å². The number of allylic oxidation sites excluding steroid dienone is 1. The Hall–Kier alpha value is -2.38. The second-order valence-electron chi connectivity index (χ2n) is 10.6. The third-order valence-electron chi connectivity index (χ3n) is 7.29. The van der Waals surface area contributed by atoms with Gasteiger partial charge in [0.25, 0.3) is 0 Å². The summed E-state index contributed by atoms with van der Waals surface area (Å²) in [7, 11) is 0. The fraction of sp³-hybridized carbons (Fsp3) is 0.419. The molecule has 1 nitrogen and oxygen atoms in total. The molecular weight excluding hydrogens is 386 g/mol. The molecule has 1 heterocycles. The highest BCUT2D eigenvalue weighted by Crippen LogP contribution is 2.35. The number of hydrogen-bond acceptors (Lipinski definition) is 1. The summed E-state index contributed by atoms with van der Waals surface area (Å²) in [4.78, 5) is 2.63. The summed E-state index contributed by atoms with van der Waals surface area (Å²) in [6.07, 6.45) is 5.76. The Bertz CT molecular complexity index is 1090. The van der Waals surface area contributed by atoms with Crippen molar-refractivity contribution in [3.05, 3.63) is 83.4 Å². The highest BCUT2D eigenvalue weighted by atomic mass is 15.1. The number of hydrogen-bond donors (Lipinski definition) is 0. The van der Waals surface area contributed by atoms with Crippen LogP contribution in [0.25, 0.3) is 21.9 Å². The molecule has 1 heteroatoms. The Kier molecular flexibility index (Phi) is 6.86. The molecule has 0 unspecified atom stereocenters. The van der Waals surface area contributed by atoms with E-state index in [9.17, 15) is 0 Å². The number of nitrogens with zero attached hydrogens (tertiary/aromatic N) is 1. The predicted octanol–water partition coefficient (Wildman–Crippen LogP) is 8.20. The van der Waals surface area contributed by atoms with E-state index in [1.54, 1.807) is 0 Å². The van der Waals surface area contributed by atoms with Gasteiger partial charge >= 0.3 is 0 Å². The van der Waals surface area contributed by atoms with Crippen LogP contribution < -0.4 is 0 Å². The van der Waals surface area contributed by atoms with Gasteiger partial charge < -0.3 is 0 Å². The molecule has 0 spiro atoms. The van der Waals surface area contributed by atoms with E-state index in [-0.39, 0.29) is 0 Å². The molecule has 168 valence electrons. The predicted molar refractivity (Wildman–Crippen MR) is 140 cm³/mol. The maximum atomic E-state index is 4.09. The Morgan fingerprint density at radius 3 is 2.34 bits per heavy atom. The van der Waals surface area contributed by atoms with Crippen LogP contribution in [0.5, 0.6) is 0 Å². The van der Waals surface area contributed by atoms with Gasteiger partial charge in [-0.05, 0) is 96.1 Å². The number of benzene rings is 3. The largest absolute Gasteiger partial charge is 0.299 e. The lowest BCUT2D eigenvalue weighted by Crippen LogP contribution is -2.36. The van der Waals surface area contributed by atoms with Crippen LogP contribution in [0.1, 0.15) is 63.6 Å². The van der Waals surface area contributed by atoms with Crippen LogP contribution in [0.3, 0.4) is 0 Å². The molecule has 0 amide bonds. The summed E-state index contributed by atoms with van der Waals surface area (Å²) in [5, 5.41) is 2.75. The summed E-state index contributed by atoms with van der Waals surface area (Å²) in [6.45, 7) is 16.8. The molecule has 0 aliphatic carbocycles. The minimum atomic E-state index is 0.506. The fourth-order valence-corrected chi connectivity index (χ4v) is 5.05. The zero-order chi connectivity index (χ0) is 22.7. The van der Waals surface area contributed by atoms with Crippen molar-refractivity contribution in [1.82, 2.24) is 4.90 Å². The molecule has 1 aliphatic heterocycles. The first-order chi connectivity index (χ1) is 15.4. The van der Waals surface area contributed by atoms with Crippen LogP contribution in [0, 0.1) is 5.41 Å². The lowest BCUT2D eigenvalue weighted by atomic mass is 9.82. The van der Waals surface area contributed by atoms with Crippen molar-refractivity contribution < 1.29 is 0 Å². The second kappa shape index (κ2) is 9.63. The van der Waals surface area contributed by atoms with Crippen LogP contribution in [-0.4, -0.2) is 18.0 Å². The molecule has 1 fully saturated rings. The van der Waals surface area contributed by atoms with Gasteiger partial charge in [-0.3, -0.25) is 4.90 Å². The molecule has 3 aromatic carbocycles. The fourth-order valence-electron chi connectivity index (χ4n) is 5.05. The van der Waals surface area contributed by atoms with E-state index in [2.05, 4.69) is 93.8 Å². The van der Waals surface area contributed by atoms with Crippen molar-refractivity contribution in [1.29, 1.82) is 0 Å². The maximum absolute atomic E-state index is 4.09. The molecule has 0 saturated carbocycles. The number of piperidine rings is 1. The highest BCUT2D eigenvalue weighted by molar-refractivity contribution is 5.99. The maximum Gasteiger partial charge on any atom is 0.0233 e. The van der Waals surface area contributed by atoms with Gasteiger partial charge in [0, 0.05) is 6.54 Å². The Labute approximate surface area is 195 Å². The van der Waals surface area contributed by atoms with E-state index in [4.69, 9.17) is 0 Å². The molecule has 1 saturated heterocycles. The van der Waals surface area contributed by atoms with Gasteiger partial charge in [-0.25, -0.2) is 0 Å². The number of fused-ring (bicyclic) bond motifs is 1. The third kappa shape index (κ3) is 5.15. The smallest absolute Gasteiger partial charge is 0.0233 e. The van der Waals surface area contributed by atoms with Gasteiger partial charge in [0.15, 0.2) is 0 Å². The molecule has 4 rings (SSSR count). The Balaban J connectivity index is 1.63. The second-order valence-corrected chi connectivity index (χ2v) is 10.6. The molecule has 0 radical (unpaired) electrons. The SMILES string of the molecule is C=C(C)CCc1cccc2c(-c3ccc(CN4CCC(C)(C)CC4)cc3CC)cccc12. The average Bonchev–Trinajstić information content (AvgIpc) is 2.78. The van der Waals surface area contributed by atoms with Crippen LogP contribution in [0.15, 0.2) is 66.7 Å². The Morgan fingerprint density at radius 2 is 1.62 bits per heavy atom. The Morgan fingerprint density at radius 1 is 0.906 bits per heavy atom. The monoisotopic (exact) mass is 425 g/mol. The molecule has 3 aromatic rings. The van der Waals surface area contributed by atoms with Gasteiger partial charge in [0.2, 0.25) is 0 Å². The quantitative estimate of drug-likeness (QED) is 0.345. The number of rotatable bonds is 7. The van der Waals surface area contributed by atoms with Crippen LogP contribution in [0.2, 0.25) is 0 Å². The summed E-state index contributed by atoms with van der Waals surface area (Å²) in [5.41, 5.74) is 8.84. The molecular formula is C31H39N. The highest BCUT2D eigenvalue weighted by Gasteiger charge is 2.25. The summed E-state index contributed by atoms with van der Waals surface area (Å²) >= 11 is 0. The van der Waals surface area contributed by atoms with Crippen LogP contribution in [-0.2, 0) is 19.4 Å². The van der Waals surface area contributed by atoms with Crippen molar-refractivity contribution >= 4 is 10.8 Å². The van der Waals surface area contributed by atoms with E-state index in [0.29, 0.717) is 5.41 Å². The first kappa shape index (κ1) is 22.8. The molecule has 0 N–H and O–H groups in total. The van der Waals surface area contributed by atoms with Crippen molar-refractivity contribution in [2.24, 2.45) is 5.41 Å². The van der Waals surface area contributed by atoms with Crippen LogP contribution in [0.4, 0.5) is 0 Å².